The summed E-state index contributed by atoms with van der Waals surface area (Å²) < 4.78 is 5.96. The second-order valence-electron chi connectivity index (χ2n) is 2.66. The van der Waals surface area contributed by atoms with Gasteiger partial charge in [-0.1, -0.05) is 11.6 Å². The first-order valence-electron chi connectivity index (χ1n) is 3.81. The number of nitrogens with two attached hydrogens (primary N) is 1. The molecule has 0 radical (unpaired) electrons. The Bertz CT molecular complexity index is 323. The Labute approximate surface area is 99.3 Å². The van der Waals surface area contributed by atoms with E-state index in [0.717, 1.165) is 9.35 Å². The highest BCUT2D eigenvalue weighted by atomic mass is 79.9. The lowest BCUT2D eigenvalue weighted by molar-refractivity contribution is -0.141. The molecule has 0 aliphatic carbocycles. The maximum Gasteiger partial charge on any atom is 0.307 e. The molecule has 6 heteroatoms. The quantitative estimate of drug-likeness (QED) is 0.873. The Kier molecular flexibility index (Phi) is 4.37. The van der Waals surface area contributed by atoms with Crippen LogP contribution in [0, 0.1) is 0 Å². The molecule has 1 aromatic rings. The van der Waals surface area contributed by atoms with Crippen molar-refractivity contribution >= 4 is 44.8 Å². The Morgan fingerprint density at radius 2 is 2.50 bits per heavy atom. The van der Waals surface area contributed by atoms with Gasteiger partial charge in [0.2, 0.25) is 0 Å². The summed E-state index contributed by atoms with van der Waals surface area (Å²) in [5, 5.41) is 0. The fourth-order valence-electron chi connectivity index (χ4n) is 0.910. The largest absolute Gasteiger partial charge is 0.469 e. The highest BCUT2D eigenvalue weighted by molar-refractivity contribution is 9.10. The number of rotatable bonds is 3. The topological polar surface area (TPSA) is 52.3 Å². The summed E-state index contributed by atoms with van der Waals surface area (Å²) in [5.74, 6) is -0.321. The van der Waals surface area contributed by atoms with Gasteiger partial charge in [0.25, 0.3) is 0 Å². The number of ether oxygens (including phenoxy) is 1. The number of hydrogen-bond acceptors (Lipinski definition) is 4. The third kappa shape index (κ3) is 2.95. The average molecular weight is 299 g/mol. The molecular formula is C8H9BrClNO2S. The second kappa shape index (κ2) is 5.11. The van der Waals surface area contributed by atoms with E-state index < -0.39 is 0 Å². The predicted molar refractivity (Wildman–Crippen MR) is 60.6 cm³/mol. The van der Waals surface area contributed by atoms with Crippen molar-refractivity contribution in [3.8, 4) is 0 Å². The number of carbonyl (C=O) groups is 1. The molecule has 0 amide bonds. The van der Waals surface area contributed by atoms with E-state index in [9.17, 15) is 4.79 Å². The van der Waals surface area contributed by atoms with Crippen molar-refractivity contribution in [2.24, 2.45) is 5.73 Å². The molecule has 2 N–H and O–H groups in total. The van der Waals surface area contributed by atoms with Crippen molar-refractivity contribution < 1.29 is 9.53 Å². The Morgan fingerprint density at radius 3 is 2.93 bits per heavy atom. The highest BCUT2D eigenvalue weighted by Crippen LogP contribution is 2.35. The molecule has 0 spiro atoms. The van der Waals surface area contributed by atoms with Crippen molar-refractivity contribution in [3.63, 3.8) is 0 Å². The van der Waals surface area contributed by atoms with Crippen LogP contribution in [0.2, 0.25) is 4.34 Å². The SMILES string of the molecule is COC(=O)CC(N)c1cc(Br)c(Cl)s1. The molecule has 1 heterocycles. The van der Waals surface area contributed by atoms with Crippen LogP contribution in [-0.2, 0) is 9.53 Å². The van der Waals surface area contributed by atoms with E-state index in [1.165, 1.54) is 18.4 Å². The van der Waals surface area contributed by atoms with Gasteiger partial charge in [-0.15, -0.1) is 11.3 Å². The van der Waals surface area contributed by atoms with E-state index in [2.05, 4.69) is 20.7 Å². The molecule has 1 rings (SSSR count). The number of hydrogen-bond donors (Lipinski definition) is 1. The first kappa shape index (κ1) is 12.0. The zero-order valence-corrected chi connectivity index (χ0v) is 10.6. The smallest absolute Gasteiger partial charge is 0.307 e. The normalized spacial score (nSPS) is 12.6. The molecule has 1 aromatic heterocycles. The van der Waals surface area contributed by atoms with Gasteiger partial charge >= 0.3 is 5.97 Å². The van der Waals surface area contributed by atoms with Crippen LogP contribution >= 0.6 is 38.9 Å². The predicted octanol–water partition coefficient (Wildman–Crippen LogP) is 2.73. The second-order valence-corrected chi connectivity index (χ2v) is 5.20. The zero-order valence-electron chi connectivity index (χ0n) is 7.42. The van der Waals surface area contributed by atoms with Gasteiger partial charge in [0.05, 0.1) is 13.5 Å². The number of methoxy groups -OCH3 is 1. The van der Waals surface area contributed by atoms with Gasteiger partial charge in [-0.2, -0.15) is 0 Å². The molecule has 1 unspecified atom stereocenters. The highest BCUT2D eigenvalue weighted by Gasteiger charge is 2.15. The molecule has 14 heavy (non-hydrogen) atoms. The summed E-state index contributed by atoms with van der Waals surface area (Å²) in [6.45, 7) is 0. The summed E-state index contributed by atoms with van der Waals surface area (Å²) in [6, 6.07) is 1.47. The summed E-state index contributed by atoms with van der Waals surface area (Å²) >= 11 is 10.5. The van der Waals surface area contributed by atoms with Crippen LogP contribution in [0.3, 0.4) is 0 Å². The molecule has 78 valence electrons. The van der Waals surface area contributed by atoms with Crippen molar-refractivity contribution in [1.29, 1.82) is 0 Å². The lowest BCUT2D eigenvalue weighted by atomic mass is 10.2. The molecule has 0 aliphatic heterocycles. The van der Waals surface area contributed by atoms with Crippen molar-refractivity contribution in [2.75, 3.05) is 7.11 Å². The zero-order chi connectivity index (χ0) is 10.7. The molecule has 0 saturated carbocycles. The van der Waals surface area contributed by atoms with Crippen LogP contribution in [0.1, 0.15) is 17.3 Å². The van der Waals surface area contributed by atoms with Gasteiger partial charge in [-0.3, -0.25) is 4.79 Å². The van der Waals surface area contributed by atoms with Crippen molar-refractivity contribution in [2.45, 2.75) is 12.5 Å². The van der Waals surface area contributed by atoms with Gasteiger partial charge in [0.15, 0.2) is 0 Å². The third-order valence-electron chi connectivity index (χ3n) is 1.64. The lowest BCUT2D eigenvalue weighted by Crippen LogP contribution is -2.15. The third-order valence-corrected chi connectivity index (χ3v) is 4.25. The summed E-state index contributed by atoms with van der Waals surface area (Å²) in [6.07, 6.45) is 0.166. The van der Waals surface area contributed by atoms with Crippen molar-refractivity contribution in [1.82, 2.24) is 0 Å². The summed E-state index contributed by atoms with van der Waals surface area (Å²) in [5.41, 5.74) is 5.78. The standard InChI is InChI=1S/C8H9BrClNO2S/c1-13-7(12)3-5(11)6-2-4(9)8(10)14-6/h2,5H,3,11H2,1H3. The molecule has 1 atom stereocenters. The van der Waals surface area contributed by atoms with Crippen LogP contribution in [0.5, 0.6) is 0 Å². The first-order valence-corrected chi connectivity index (χ1v) is 5.80. The molecule has 0 aliphatic rings. The van der Waals surface area contributed by atoms with E-state index in [-0.39, 0.29) is 18.4 Å². The number of carbonyl (C=O) groups excluding carboxylic acids is 1. The summed E-state index contributed by atoms with van der Waals surface area (Å²) in [7, 11) is 1.34. The number of halogens is 2. The summed E-state index contributed by atoms with van der Waals surface area (Å²) in [4.78, 5) is 11.8. The van der Waals surface area contributed by atoms with E-state index in [4.69, 9.17) is 17.3 Å². The first-order chi connectivity index (χ1) is 6.54. The van der Waals surface area contributed by atoms with Gasteiger partial charge in [-0.05, 0) is 22.0 Å². The number of esters is 1. The van der Waals surface area contributed by atoms with Crippen LogP contribution in [-0.4, -0.2) is 13.1 Å². The Hall–Kier alpha value is -0.100. The fraction of sp³-hybridized carbons (Fsp3) is 0.375. The van der Waals surface area contributed by atoms with Crippen LogP contribution in [0.15, 0.2) is 10.5 Å². The minimum absolute atomic E-state index is 0.166. The Balaban J connectivity index is 2.69. The molecule has 0 bridgehead atoms. The molecular weight excluding hydrogens is 290 g/mol. The lowest BCUT2D eigenvalue weighted by Gasteiger charge is -2.06. The van der Waals surface area contributed by atoms with Crippen LogP contribution in [0.25, 0.3) is 0 Å². The van der Waals surface area contributed by atoms with Crippen LogP contribution in [0.4, 0.5) is 0 Å². The monoisotopic (exact) mass is 297 g/mol. The molecule has 0 fully saturated rings. The van der Waals surface area contributed by atoms with Gasteiger partial charge in [0, 0.05) is 15.4 Å². The average Bonchev–Trinajstić information content (AvgIpc) is 2.47. The van der Waals surface area contributed by atoms with E-state index in [1.54, 1.807) is 0 Å². The number of thiophene rings is 1. The Morgan fingerprint density at radius 1 is 1.86 bits per heavy atom. The fourth-order valence-corrected chi connectivity index (χ4v) is 2.65. The van der Waals surface area contributed by atoms with E-state index in [0.29, 0.717) is 4.34 Å². The van der Waals surface area contributed by atoms with E-state index >= 15 is 0 Å². The van der Waals surface area contributed by atoms with Gasteiger partial charge < -0.3 is 10.5 Å². The van der Waals surface area contributed by atoms with Gasteiger partial charge in [0.1, 0.15) is 4.34 Å². The van der Waals surface area contributed by atoms with Crippen LogP contribution < -0.4 is 5.73 Å². The van der Waals surface area contributed by atoms with Crippen molar-refractivity contribution in [3.05, 3.63) is 19.8 Å². The van der Waals surface area contributed by atoms with Gasteiger partial charge in [-0.25, -0.2) is 0 Å². The maximum absolute atomic E-state index is 10.9. The van der Waals surface area contributed by atoms with E-state index in [1.807, 2.05) is 6.07 Å². The molecule has 0 saturated heterocycles. The maximum atomic E-state index is 10.9. The molecule has 3 nitrogen and oxygen atoms in total. The minimum Gasteiger partial charge on any atom is -0.469 e. The molecule has 0 aromatic carbocycles. The minimum atomic E-state index is -0.351.